The molecule has 1 N–H and O–H groups in total. The lowest BCUT2D eigenvalue weighted by Gasteiger charge is -2.19. The molecule has 0 aromatic heterocycles. The van der Waals surface area contributed by atoms with Gasteiger partial charge in [0.1, 0.15) is 0 Å². The van der Waals surface area contributed by atoms with Crippen molar-refractivity contribution in [2.75, 3.05) is 18.5 Å². The molecule has 1 aliphatic rings. The van der Waals surface area contributed by atoms with E-state index in [4.69, 9.17) is 9.47 Å². The van der Waals surface area contributed by atoms with Crippen molar-refractivity contribution in [3.8, 4) is 11.5 Å². The lowest BCUT2D eigenvalue weighted by Crippen LogP contribution is -2.26. The number of carbonyl (C=O) groups is 1. The summed E-state index contributed by atoms with van der Waals surface area (Å²) in [7, 11) is 0. The third-order valence-corrected chi connectivity index (χ3v) is 4.07. The fourth-order valence-electron chi connectivity index (χ4n) is 2.21. The monoisotopic (exact) mass is 375 g/mol. The highest BCUT2D eigenvalue weighted by atomic mass is 79.9. The van der Waals surface area contributed by atoms with Crippen LogP contribution in [0.4, 0.5) is 5.69 Å². The highest BCUT2D eigenvalue weighted by Crippen LogP contribution is 2.34. The maximum absolute atomic E-state index is 12.4. The Morgan fingerprint density at radius 3 is 2.39 bits per heavy atom. The van der Waals surface area contributed by atoms with E-state index >= 15 is 0 Å². The normalized spacial score (nSPS) is 15.6. The largest absolute Gasteiger partial charge is 0.489 e. The van der Waals surface area contributed by atoms with Crippen molar-refractivity contribution < 1.29 is 14.3 Å². The molecule has 0 radical (unpaired) electrons. The van der Waals surface area contributed by atoms with E-state index in [2.05, 4.69) is 35.1 Å². The Morgan fingerprint density at radius 1 is 1.04 bits per heavy atom. The molecule has 0 aliphatic carbocycles. The van der Waals surface area contributed by atoms with Gasteiger partial charge in [0.2, 0.25) is 0 Å². The molecule has 4 nitrogen and oxygen atoms in total. The number of fused-ring (bicyclic) bond motifs is 1. The Balaban J connectivity index is 1.78. The summed E-state index contributed by atoms with van der Waals surface area (Å²) in [5, 5.41) is 2.87. The van der Waals surface area contributed by atoms with Gasteiger partial charge in [-0.2, -0.15) is 0 Å². The number of benzene rings is 2. The predicted molar refractivity (Wildman–Crippen MR) is 93.3 cm³/mol. The molecule has 1 aliphatic heterocycles. The summed E-state index contributed by atoms with van der Waals surface area (Å²) in [5.41, 5.74) is 1.22. The van der Waals surface area contributed by atoms with Crippen LogP contribution in [-0.4, -0.2) is 19.1 Å². The second kappa shape index (κ2) is 6.24. The van der Waals surface area contributed by atoms with Crippen molar-refractivity contribution >= 4 is 27.5 Å². The van der Waals surface area contributed by atoms with E-state index in [9.17, 15) is 4.79 Å². The number of hydrogen-bond donors (Lipinski definition) is 1. The Kier molecular flexibility index (Phi) is 4.31. The minimum absolute atomic E-state index is 0.0567. The van der Waals surface area contributed by atoms with Crippen molar-refractivity contribution in [2.45, 2.75) is 13.8 Å². The van der Waals surface area contributed by atoms with Crippen LogP contribution in [0, 0.1) is 5.41 Å². The molecular formula is C18H18BrNO3. The number of nitrogens with one attached hydrogen (secondary N) is 1. The van der Waals surface area contributed by atoms with Gasteiger partial charge in [-0.15, -0.1) is 0 Å². The summed E-state index contributed by atoms with van der Waals surface area (Å²) in [6, 6.07) is 12.7. The Morgan fingerprint density at radius 2 is 1.70 bits per heavy atom. The molecule has 1 amide bonds. The van der Waals surface area contributed by atoms with Gasteiger partial charge in [0, 0.05) is 21.1 Å². The number of halogens is 1. The van der Waals surface area contributed by atoms with Gasteiger partial charge in [0.05, 0.1) is 13.2 Å². The predicted octanol–water partition coefficient (Wildman–Crippen LogP) is 4.50. The third kappa shape index (κ3) is 3.85. The average Bonchev–Trinajstić information content (AvgIpc) is 2.68. The fraction of sp³-hybridized carbons (Fsp3) is 0.278. The molecule has 23 heavy (non-hydrogen) atoms. The zero-order valence-corrected chi connectivity index (χ0v) is 14.6. The van der Waals surface area contributed by atoms with Crippen LogP contribution >= 0.6 is 15.9 Å². The van der Waals surface area contributed by atoms with Gasteiger partial charge in [-0.1, -0.05) is 29.8 Å². The Hall–Kier alpha value is -2.01. The van der Waals surface area contributed by atoms with Crippen LogP contribution in [0.25, 0.3) is 0 Å². The average molecular weight is 376 g/mol. The van der Waals surface area contributed by atoms with E-state index < -0.39 is 0 Å². The molecule has 2 aromatic rings. The van der Waals surface area contributed by atoms with Crippen molar-refractivity contribution in [1.82, 2.24) is 0 Å². The molecule has 1 heterocycles. The lowest BCUT2D eigenvalue weighted by atomic mass is 9.97. The summed E-state index contributed by atoms with van der Waals surface area (Å²) < 4.78 is 12.5. The van der Waals surface area contributed by atoms with Crippen LogP contribution in [0.3, 0.4) is 0 Å². The molecule has 0 saturated heterocycles. The van der Waals surface area contributed by atoms with E-state index in [0.29, 0.717) is 30.3 Å². The first-order valence-electron chi connectivity index (χ1n) is 7.40. The molecule has 0 saturated carbocycles. The standard InChI is InChI=1S/C18H18BrNO3/c1-18(2)10-22-15-8-3-12(9-16(15)23-11-18)17(21)20-14-6-4-13(19)5-7-14/h3-9H,10-11H2,1-2H3,(H,20,21). The summed E-state index contributed by atoms with van der Waals surface area (Å²) >= 11 is 3.37. The zero-order valence-electron chi connectivity index (χ0n) is 13.1. The van der Waals surface area contributed by atoms with Gasteiger partial charge >= 0.3 is 0 Å². The Labute approximate surface area is 143 Å². The van der Waals surface area contributed by atoms with Crippen LogP contribution in [0.2, 0.25) is 0 Å². The van der Waals surface area contributed by atoms with Crippen molar-refractivity contribution in [3.05, 3.63) is 52.5 Å². The fourth-order valence-corrected chi connectivity index (χ4v) is 2.47. The minimum Gasteiger partial charge on any atom is -0.489 e. The first-order valence-corrected chi connectivity index (χ1v) is 8.19. The molecule has 0 spiro atoms. The van der Waals surface area contributed by atoms with E-state index in [1.165, 1.54) is 0 Å². The topological polar surface area (TPSA) is 47.6 Å². The molecule has 2 aromatic carbocycles. The van der Waals surface area contributed by atoms with Crippen LogP contribution in [0.5, 0.6) is 11.5 Å². The van der Waals surface area contributed by atoms with E-state index in [0.717, 1.165) is 10.2 Å². The van der Waals surface area contributed by atoms with Gasteiger partial charge in [0.25, 0.3) is 5.91 Å². The minimum atomic E-state index is -0.178. The van der Waals surface area contributed by atoms with Crippen molar-refractivity contribution in [3.63, 3.8) is 0 Å². The van der Waals surface area contributed by atoms with Crippen LogP contribution in [-0.2, 0) is 0 Å². The van der Waals surface area contributed by atoms with Crippen LogP contribution in [0.1, 0.15) is 24.2 Å². The van der Waals surface area contributed by atoms with E-state index in [1.807, 2.05) is 24.3 Å². The first kappa shape index (κ1) is 15.9. The number of rotatable bonds is 2. The maximum Gasteiger partial charge on any atom is 0.255 e. The number of hydrogen-bond acceptors (Lipinski definition) is 3. The third-order valence-electron chi connectivity index (χ3n) is 3.54. The number of amides is 1. The first-order chi connectivity index (χ1) is 10.9. The molecule has 0 bridgehead atoms. The van der Waals surface area contributed by atoms with Gasteiger partial charge in [-0.25, -0.2) is 0 Å². The smallest absolute Gasteiger partial charge is 0.255 e. The molecule has 0 unspecified atom stereocenters. The molecule has 0 atom stereocenters. The SMILES string of the molecule is CC1(C)COc2ccc(C(=O)Nc3ccc(Br)cc3)cc2OC1. The highest BCUT2D eigenvalue weighted by Gasteiger charge is 2.25. The summed E-state index contributed by atoms with van der Waals surface area (Å²) in [4.78, 5) is 12.4. The number of carbonyl (C=O) groups excluding carboxylic acids is 1. The molecule has 5 heteroatoms. The Bertz CT molecular complexity index is 726. The van der Waals surface area contributed by atoms with Crippen LogP contribution in [0.15, 0.2) is 46.9 Å². The zero-order chi connectivity index (χ0) is 16.4. The molecule has 120 valence electrons. The number of ether oxygens (including phenoxy) is 2. The van der Waals surface area contributed by atoms with Gasteiger partial charge in [-0.05, 0) is 42.5 Å². The molecule has 0 fully saturated rings. The van der Waals surface area contributed by atoms with E-state index in [1.54, 1.807) is 18.2 Å². The summed E-state index contributed by atoms with van der Waals surface area (Å²) in [5.74, 6) is 1.11. The summed E-state index contributed by atoms with van der Waals surface area (Å²) in [6.07, 6.45) is 0. The van der Waals surface area contributed by atoms with Gasteiger partial charge < -0.3 is 14.8 Å². The lowest BCUT2D eigenvalue weighted by molar-refractivity contribution is 0.102. The molecular weight excluding hydrogens is 358 g/mol. The maximum atomic E-state index is 12.4. The second-order valence-electron chi connectivity index (χ2n) is 6.36. The summed E-state index contributed by atoms with van der Waals surface area (Å²) in [6.45, 7) is 5.31. The quantitative estimate of drug-likeness (QED) is 0.840. The number of anilines is 1. The van der Waals surface area contributed by atoms with Gasteiger partial charge in [-0.3, -0.25) is 4.79 Å². The second-order valence-corrected chi connectivity index (χ2v) is 7.28. The van der Waals surface area contributed by atoms with Crippen molar-refractivity contribution in [1.29, 1.82) is 0 Å². The van der Waals surface area contributed by atoms with Gasteiger partial charge in [0.15, 0.2) is 11.5 Å². The van der Waals surface area contributed by atoms with E-state index in [-0.39, 0.29) is 11.3 Å². The molecule has 3 rings (SSSR count). The van der Waals surface area contributed by atoms with Crippen LogP contribution < -0.4 is 14.8 Å². The van der Waals surface area contributed by atoms with Crippen molar-refractivity contribution in [2.24, 2.45) is 5.41 Å². The highest BCUT2D eigenvalue weighted by molar-refractivity contribution is 9.10.